The number of rotatable bonds is 2. The first-order chi connectivity index (χ1) is 9.24. The predicted molar refractivity (Wildman–Crippen MR) is 74.4 cm³/mol. The van der Waals surface area contributed by atoms with Crippen LogP contribution in [0.4, 0.5) is 13.2 Å². The smallest absolute Gasteiger partial charge is 0.330 e. The van der Waals surface area contributed by atoms with Crippen LogP contribution in [-0.4, -0.2) is 6.54 Å². The first kappa shape index (κ1) is 15.4. The molecule has 1 nitrogen and oxygen atoms in total. The number of halogens is 3. The molecule has 112 valence electrons. The second-order valence-corrected chi connectivity index (χ2v) is 6.59. The van der Waals surface area contributed by atoms with Gasteiger partial charge in [-0.25, -0.2) is 0 Å². The summed E-state index contributed by atoms with van der Waals surface area (Å²) in [5, 5.41) is 0. The summed E-state index contributed by atoms with van der Waals surface area (Å²) in [4.78, 5) is 0. The monoisotopic (exact) mass is 285 g/mol. The molecule has 0 saturated heterocycles. The zero-order valence-corrected chi connectivity index (χ0v) is 12.0. The van der Waals surface area contributed by atoms with Crippen molar-refractivity contribution in [2.45, 2.75) is 45.2 Å². The Kier molecular flexibility index (Phi) is 4.14. The van der Waals surface area contributed by atoms with Crippen LogP contribution in [0.3, 0.4) is 0 Å². The SMILES string of the molecule is CC1(C)CCC(CN)C(c2ccccc2C(F)(F)F)C1. The molecule has 0 heterocycles. The van der Waals surface area contributed by atoms with E-state index in [4.69, 9.17) is 5.73 Å². The van der Waals surface area contributed by atoms with Gasteiger partial charge in [-0.15, -0.1) is 0 Å². The van der Waals surface area contributed by atoms with E-state index in [1.54, 1.807) is 12.1 Å². The quantitative estimate of drug-likeness (QED) is 0.846. The average Bonchev–Trinajstić information content (AvgIpc) is 2.37. The standard InChI is InChI=1S/C16H22F3N/c1-15(2)8-7-11(10-20)13(9-15)12-5-3-4-6-14(12)16(17,18)19/h3-6,11,13H,7-10,20H2,1-2H3. The van der Waals surface area contributed by atoms with Gasteiger partial charge in [-0.3, -0.25) is 0 Å². The van der Waals surface area contributed by atoms with Crippen molar-refractivity contribution in [3.63, 3.8) is 0 Å². The Bertz CT molecular complexity index is 465. The Labute approximate surface area is 118 Å². The second kappa shape index (κ2) is 5.40. The molecule has 1 aliphatic carbocycles. The van der Waals surface area contributed by atoms with Crippen LogP contribution in [0.2, 0.25) is 0 Å². The van der Waals surface area contributed by atoms with E-state index >= 15 is 0 Å². The van der Waals surface area contributed by atoms with Crippen molar-refractivity contribution in [3.05, 3.63) is 35.4 Å². The molecule has 2 atom stereocenters. The second-order valence-electron chi connectivity index (χ2n) is 6.59. The van der Waals surface area contributed by atoms with Crippen LogP contribution in [0.15, 0.2) is 24.3 Å². The maximum Gasteiger partial charge on any atom is 0.416 e. The van der Waals surface area contributed by atoms with Crippen LogP contribution in [0, 0.1) is 11.3 Å². The van der Waals surface area contributed by atoms with E-state index in [0.29, 0.717) is 12.1 Å². The molecule has 0 radical (unpaired) electrons. The predicted octanol–water partition coefficient (Wildman–Crippen LogP) is 4.57. The minimum absolute atomic E-state index is 0.0784. The van der Waals surface area contributed by atoms with Gasteiger partial charge in [0.2, 0.25) is 0 Å². The molecule has 2 N–H and O–H groups in total. The molecule has 2 rings (SSSR count). The Morgan fingerprint density at radius 3 is 2.50 bits per heavy atom. The van der Waals surface area contributed by atoms with Gasteiger partial charge in [0.1, 0.15) is 0 Å². The number of hydrogen-bond acceptors (Lipinski definition) is 1. The molecule has 0 amide bonds. The molecule has 1 aromatic rings. The summed E-state index contributed by atoms with van der Waals surface area (Å²) in [6.07, 6.45) is -1.60. The van der Waals surface area contributed by atoms with Gasteiger partial charge < -0.3 is 5.73 Å². The lowest BCUT2D eigenvalue weighted by atomic mass is 9.64. The normalized spacial score (nSPS) is 26.5. The minimum atomic E-state index is -4.29. The van der Waals surface area contributed by atoms with E-state index in [1.807, 2.05) is 0 Å². The molecule has 0 aromatic heterocycles. The van der Waals surface area contributed by atoms with Gasteiger partial charge in [-0.05, 0) is 54.7 Å². The summed E-state index contributed by atoms with van der Waals surface area (Å²) in [7, 11) is 0. The van der Waals surface area contributed by atoms with Crippen LogP contribution in [0.25, 0.3) is 0 Å². The fourth-order valence-electron chi connectivity index (χ4n) is 3.37. The lowest BCUT2D eigenvalue weighted by molar-refractivity contribution is -0.138. The van der Waals surface area contributed by atoms with E-state index in [9.17, 15) is 13.2 Å². The number of nitrogens with two attached hydrogens (primary N) is 1. The number of hydrogen-bond donors (Lipinski definition) is 1. The Hall–Kier alpha value is -1.03. The molecule has 1 aromatic carbocycles. The van der Waals surface area contributed by atoms with Gasteiger partial charge in [0.25, 0.3) is 0 Å². The molecular weight excluding hydrogens is 263 g/mol. The van der Waals surface area contributed by atoms with Crippen LogP contribution in [0.5, 0.6) is 0 Å². The van der Waals surface area contributed by atoms with Crippen molar-refractivity contribution < 1.29 is 13.2 Å². The zero-order chi connectivity index (χ0) is 15.0. The Balaban J connectivity index is 2.42. The van der Waals surface area contributed by atoms with Crippen LogP contribution >= 0.6 is 0 Å². The highest BCUT2D eigenvalue weighted by Gasteiger charge is 2.40. The van der Waals surface area contributed by atoms with Gasteiger partial charge in [0.05, 0.1) is 5.56 Å². The molecule has 0 spiro atoms. The van der Waals surface area contributed by atoms with Crippen molar-refractivity contribution in [2.75, 3.05) is 6.54 Å². The molecule has 4 heteroatoms. The molecule has 1 aliphatic rings. The van der Waals surface area contributed by atoms with E-state index in [0.717, 1.165) is 19.3 Å². The molecular formula is C16H22F3N. The van der Waals surface area contributed by atoms with E-state index in [-0.39, 0.29) is 17.3 Å². The molecule has 0 bridgehead atoms. The lowest BCUT2D eigenvalue weighted by Gasteiger charge is -2.41. The van der Waals surface area contributed by atoms with Crippen molar-refractivity contribution in [3.8, 4) is 0 Å². The van der Waals surface area contributed by atoms with Gasteiger partial charge >= 0.3 is 6.18 Å². The van der Waals surface area contributed by atoms with Crippen LogP contribution < -0.4 is 5.73 Å². The van der Waals surface area contributed by atoms with E-state index in [1.165, 1.54) is 12.1 Å². The maximum absolute atomic E-state index is 13.2. The molecule has 20 heavy (non-hydrogen) atoms. The fourth-order valence-corrected chi connectivity index (χ4v) is 3.37. The topological polar surface area (TPSA) is 26.0 Å². The third-order valence-corrected chi connectivity index (χ3v) is 4.50. The third kappa shape index (κ3) is 3.17. The summed E-state index contributed by atoms with van der Waals surface area (Å²) in [6, 6.07) is 5.96. The highest BCUT2D eigenvalue weighted by molar-refractivity contribution is 5.34. The van der Waals surface area contributed by atoms with Gasteiger partial charge in [0, 0.05) is 0 Å². The van der Waals surface area contributed by atoms with Crippen LogP contribution in [-0.2, 0) is 6.18 Å². The summed E-state index contributed by atoms with van der Waals surface area (Å²) in [5.41, 5.74) is 5.80. The molecule has 2 unspecified atom stereocenters. The van der Waals surface area contributed by atoms with Gasteiger partial charge in [-0.2, -0.15) is 13.2 Å². The zero-order valence-electron chi connectivity index (χ0n) is 12.0. The summed E-state index contributed by atoms with van der Waals surface area (Å²) in [6.45, 7) is 4.71. The number of alkyl halides is 3. The molecule has 0 aliphatic heterocycles. The lowest BCUT2D eigenvalue weighted by Crippen LogP contribution is -2.33. The Morgan fingerprint density at radius 2 is 1.90 bits per heavy atom. The first-order valence-electron chi connectivity index (χ1n) is 7.11. The van der Waals surface area contributed by atoms with Crippen molar-refractivity contribution in [1.29, 1.82) is 0 Å². The highest BCUT2D eigenvalue weighted by atomic mass is 19.4. The fraction of sp³-hybridized carbons (Fsp3) is 0.625. The van der Waals surface area contributed by atoms with Gasteiger partial charge in [-0.1, -0.05) is 32.0 Å². The van der Waals surface area contributed by atoms with Gasteiger partial charge in [0.15, 0.2) is 0 Å². The van der Waals surface area contributed by atoms with Crippen LogP contribution in [0.1, 0.15) is 50.2 Å². The third-order valence-electron chi connectivity index (χ3n) is 4.50. The Morgan fingerprint density at radius 1 is 1.25 bits per heavy atom. The summed E-state index contributed by atoms with van der Waals surface area (Å²) >= 11 is 0. The summed E-state index contributed by atoms with van der Waals surface area (Å²) in [5.74, 6) is 0.0492. The molecule has 1 saturated carbocycles. The van der Waals surface area contributed by atoms with Crippen molar-refractivity contribution >= 4 is 0 Å². The van der Waals surface area contributed by atoms with E-state index in [2.05, 4.69) is 13.8 Å². The number of benzene rings is 1. The minimum Gasteiger partial charge on any atom is -0.330 e. The van der Waals surface area contributed by atoms with Crippen molar-refractivity contribution in [2.24, 2.45) is 17.1 Å². The van der Waals surface area contributed by atoms with E-state index < -0.39 is 11.7 Å². The van der Waals surface area contributed by atoms with Crippen molar-refractivity contribution in [1.82, 2.24) is 0 Å². The molecule has 1 fully saturated rings. The first-order valence-corrected chi connectivity index (χ1v) is 7.11. The maximum atomic E-state index is 13.2. The highest BCUT2D eigenvalue weighted by Crippen LogP contribution is 2.48. The average molecular weight is 285 g/mol. The summed E-state index contributed by atoms with van der Waals surface area (Å²) < 4.78 is 39.6. The largest absolute Gasteiger partial charge is 0.416 e.